The minimum Gasteiger partial charge on any atom is -0.399 e. The van der Waals surface area contributed by atoms with Crippen LogP contribution in [0.5, 0.6) is 0 Å². The molecule has 1 atom stereocenters. The summed E-state index contributed by atoms with van der Waals surface area (Å²) in [5.41, 5.74) is 7.73. The van der Waals surface area contributed by atoms with E-state index in [9.17, 15) is 4.79 Å². The van der Waals surface area contributed by atoms with Crippen LogP contribution in [0.1, 0.15) is 18.9 Å². The number of hydrogen-bond acceptors (Lipinski definition) is 2. The Labute approximate surface area is 78.8 Å². The van der Waals surface area contributed by atoms with Crippen LogP contribution in [0.3, 0.4) is 0 Å². The molecule has 1 aromatic rings. The first-order valence-corrected chi connectivity index (χ1v) is 4.51. The molecule has 0 bridgehead atoms. The summed E-state index contributed by atoms with van der Waals surface area (Å²) in [6.45, 7) is 2.06. The lowest BCUT2D eigenvalue weighted by Crippen LogP contribution is -2.03. The molecule has 0 spiro atoms. The number of aldehydes is 1. The highest BCUT2D eigenvalue weighted by Gasteiger charge is 2.04. The second-order valence-electron chi connectivity index (χ2n) is 3.41. The van der Waals surface area contributed by atoms with E-state index >= 15 is 0 Å². The predicted octanol–water partition coefficient (Wildman–Crippen LogP) is 2.04. The number of nitrogen functional groups attached to an aromatic ring is 1. The van der Waals surface area contributed by atoms with Crippen LogP contribution in [0.4, 0.5) is 5.69 Å². The first-order valence-electron chi connectivity index (χ1n) is 4.51. The first-order chi connectivity index (χ1) is 6.24. The number of benzene rings is 1. The van der Waals surface area contributed by atoms with Gasteiger partial charge in [-0.2, -0.15) is 0 Å². The van der Waals surface area contributed by atoms with Gasteiger partial charge in [-0.1, -0.05) is 25.1 Å². The van der Waals surface area contributed by atoms with E-state index < -0.39 is 0 Å². The monoisotopic (exact) mass is 177 g/mol. The largest absolute Gasteiger partial charge is 0.399 e. The van der Waals surface area contributed by atoms with E-state index in [0.717, 1.165) is 24.0 Å². The van der Waals surface area contributed by atoms with Gasteiger partial charge < -0.3 is 10.5 Å². The van der Waals surface area contributed by atoms with Crippen LogP contribution in [0.25, 0.3) is 0 Å². The van der Waals surface area contributed by atoms with Crippen molar-refractivity contribution in [1.82, 2.24) is 0 Å². The minimum atomic E-state index is 0.377. The third-order valence-corrected chi connectivity index (χ3v) is 2.12. The van der Waals surface area contributed by atoms with Crippen molar-refractivity contribution in [2.24, 2.45) is 5.92 Å². The van der Waals surface area contributed by atoms with Crippen molar-refractivity contribution in [1.29, 1.82) is 0 Å². The van der Waals surface area contributed by atoms with Gasteiger partial charge in [0.25, 0.3) is 0 Å². The summed E-state index contributed by atoms with van der Waals surface area (Å²) in [5.74, 6) is 0.377. The molecule has 0 aromatic heterocycles. The lowest BCUT2D eigenvalue weighted by Gasteiger charge is -2.09. The molecule has 1 unspecified atom stereocenters. The quantitative estimate of drug-likeness (QED) is 0.565. The van der Waals surface area contributed by atoms with Crippen LogP contribution in [0, 0.1) is 5.92 Å². The Balaban J connectivity index is 2.63. The molecule has 0 aliphatic heterocycles. The second-order valence-corrected chi connectivity index (χ2v) is 3.41. The van der Waals surface area contributed by atoms with Gasteiger partial charge in [0.15, 0.2) is 0 Å². The van der Waals surface area contributed by atoms with Crippen LogP contribution in [0.15, 0.2) is 24.3 Å². The highest BCUT2D eigenvalue weighted by molar-refractivity contribution is 5.51. The van der Waals surface area contributed by atoms with Gasteiger partial charge in [-0.3, -0.25) is 0 Å². The van der Waals surface area contributed by atoms with Crippen LogP contribution in [-0.2, 0) is 11.2 Å². The Morgan fingerprint density at radius 1 is 1.46 bits per heavy atom. The lowest BCUT2D eigenvalue weighted by molar-refractivity contribution is -0.108. The lowest BCUT2D eigenvalue weighted by atomic mass is 9.98. The summed E-state index contributed by atoms with van der Waals surface area (Å²) in [7, 11) is 0. The van der Waals surface area contributed by atoms with E-state index in [4.69, 9.17) is 5.73 Å². The topological polar surface area (TPSA) is 43.1 Å². The highest BCUT2D eigenvalue weighted by atomic mass is 16.1. The Bertz CT molecular complexity index is 283. The third-order valence-electron chi connectivity index (χ3n) is 2.12. The summed E-state index contributed by atoms with van der Waals surface area (Å²) in [4.78, 5) is 10.3. The molecule has 0 aliphatic carbocycles. The fourth-order valence-electron chi connectivity index (χ4n) is 1.34. The molecule has 0 heterocycles. The molecule has 0 saturated heterocycles. The summed E-state index contributed by atoms with van der Waals surface area (Å²) in [6, 6.07) is 7.79. The van der Waals surface area contributed by atoms with Crippen LogP contribution in [0.2, 0.25) is 0 Å². The zero-order chi connectivity index (χ0) is 9.68. The normalized spacial score (nSPS) is 12.4. The Morgan fingerprint density at radius 3 is 2.77 bits per heavy atom. The summed E-state index contributed by atoms with van der Waals surface area (Å²) < 4.78 is 0. The van der Waals surface area contributed by atoms with Crippen molar-refractivity contribution in [3.8, 4) is 0 Å². The SMILES string of the molecule is CC(CC=O)Cc1ccccc1N. The molecular formula is C11H15NO. The highest BCUT2D eigenvalue weighted by Crippen LogP contribution is 2.16. The number of carbonyl (C=O) groups excluding carboxylic acids is 1. The van der Waals surface area contributed by atoms with Crippen LogP contribution in [-0.4, -0.2) is 6.29 Å². The molecule has 70 valence electrons. The van der Waals surface area contributed by atoms with Crippen molar-refractivity contribution >= 4 is 12.0 Å². The standard InChI is InChI=1S/C11H15NO/c1-9(6-7-13)8-10-4-2-3-5-11(10)12/h2-5,7,9H,6,8,12H2,1H3. The van der Waals surface area contributed by atoms with Gasteiger partial charge in [-0.25, -0.2) is 0 Å². The van der Waals surface area contributed by atoms with Gasteiger partial charge in [0, 0.05) is 12.1 Å². The Kier molecular flexibility index (Phi) is 3.50. The van der Waals surface area contributed by atoms with Gasteiger partial charge in [0.1, 0.15) is 6.29 Å². The van der Waals surface area contributed by atoms with E-state index in [1.807, 2.05) is 24.3 Å². The number of carbonyl (C=O) groups is 1. The van der Waals surface area contributed by atoms with Crippen LogP contribution < -0.4 is 5.73 Å². The molecule has 0 radical (unpaired) electrons. The molecule has 0 fully saturated rings. The fourth-order valence-corrected chi connectivity index (χ4v) is 1.34. The van der Waals surface area contributed by atoms with E-state index in [-0.39, 0.29) is 0 Å². The van der Waals surface area contributed by atoms with Crippen molar-refractivity contribution in [2.75, 3.05) is 5.73 Å². The van der Waals surface area contributed by atoms with Crippen LogP contribution >= 0.6 is 0 Å². The molecule has 2 heteroatoms. The van der Waals surface area contributed by atoms with Crippen molar-refractivity contribution in [2.45, 2.75) is 19.8 Å². The van der Waals surface area contributed by atoms with E-state index in [1.165, 1.54) is 0 Å². The van der Waals surface area contributed by atoms with Crippen molar-refractivity contribution < 1.29 is 4.79 Å². The average molecular weight is 177 g/mol. The molecule has 0 amide bonds. The zero-order valence-corrected chi connectivity index (χ0v) is 7.86. The van der Waals surface area contributed by atoms with Gasteiger partial charge in [-0.15, -0.1) is 0 Å². The van der Waals surface area contributed by atoms with Gasteiger partial charge >= 0.3 is 0 Å². The van der Waals surface area contributed by atoms with Gasteiger partial charge in [0.05, 0.1) is 0 Å². The fraction of sp³-hybridized carbons (Fsp3) is 0.364. The Hall–Kier alpha value is -1.31. The third kappa shape index (κ3) is 2.90. The number of rotatable bonds is 4. The molecular weight excluding hydrogens is 162 g/mol. The van der Waals surface area contributed by atoms with Crippen molar-refractivity contribution in [3.05, 3.63) is 29.8 Å². The molecule has 1 aromatic carbocycles. The Morgan fingerprint density at radius 2 is 2.15 bits per heavy atom. The summed E-state index contributed by atoms with van der Waals surface area (Å²) >= 11 is 0. The molecule has 1 rings (SSSR count). The predicted molar refractivity (Wildman–Crippen MR) is 54.4 cm³/mol. The van der Waals surface area contributed by atoms with Crippen molar-refractivity contribution in [3.63, 3.8) is 0 Å². The molecule has 0 aliphatic rings. The summed E-state index contributed by atoms with van der Waals surface area (Å²) in [5, 5.41) is 0. The van der Waals surface area contributed by atoms with Gasteiger partial charge in [0.2, 0.25) is 0 Å². The smallest absolute Gasteiger partial charge is 0.120 e. The van der Waals surface area contributed by atoms with E-state index in [2.05, 4.69) is 6.92 Å². The minimum absolute atomic E-state index is 0.377. The number of nitrogens with two attached hydrogens (primary N) is 1. The zero-order valence-electron chi connectivity index (χ0n) is 7.86. The maximum Gasteiger partial charge on any atom is 0.120 e. The number of para-hydroxylation sites is 1. The van der Waals surface area contributed by atoms with E-state index in [1.54, 1.807) is 0 Å². The molecule has 2 nitrogen and oxygen atoms in total. The number of anilines is 1. The maximum atomic E-state index is 10.3. The maximum absolute atomic E-state index is 10.3. The molecule has 13 heavy (non-hydrogen) atoms. The molecule has 0 saturated carbocycles. The summed E-state index contributed by atoms with van der Waals surface area (Å²) in [6.07, 6.45) is 2.45. The first kappa shape index (κ1) is 9.78. The second kappa shape index (κ2) is 4.65. The number of hydrogen-bond donors (Lipinski definition) is 1. The average Bonchev–Trinajstić information content (AvgIpc) is 2.09. The van der Waals surface area contributed by atoms with E-state index in [0.29, 0.717) is 12.3 Å². The molecule has 2 N–H and O–H groups in total. The van der Waals surface area contributed by atoms with Gasteiger partial charge in [-0.05, 0) is 24.0 Å².